The average Bonchev–Trinajstić information content (AvgIpc) is 2.86. The van der Waals surface area contributed by atoms with Crippen LogP contribution in [-0.2, 0) is 21.4 Å². The SMILES string of the molecule is CSCCC(NS(=O)(=O)c1ccccc1)C(=O)NCc1cccc(NC(=O)c2ccncc2)c1. The molecule has 8 nitrogen and oxygen atoms in total. The highest BCUT2D eigenvalue weighted by atomic mass is 32.2. The van der Waals surface area contributed by atoms with Crippen LogP contribution in [-0.4, -0.2) is 43.3 Å². The lowest BCUT2D eigenvalue weighted by Gasteiger charge is -2.18. The number of aromatic nitrogens is 1. The van der Waals surface area contributed by atoms with Gasteiger partial charge in [0.1, 0.15) is 6.04 Å². The molecular weight excluding hydrogens is 472 g/mol. The number of benzene rings is 2. The molecule has 0 aliphatic heterocycles. The molecule has 1 atom stereocenters. The molecule has 1 unspecified atom stereocenters. The van der Waals surface area contributed by atoms with Crippen molar-refractivity contribution in [2.24, 2.45) is 0 Å². The fraction of sp³-hybridized carbons (Fsp3) is 0.208. The summed E-state index contributed by atoms with van der Waals surface area (Å²) < 4.78 is 27.9. The molecule has 0 saturated heterocycles. The first-order chi connectivity index (χ1) is 16.4. The Bertz CT molecular complexity index is 1210. The molecule has 178 valence electrons. The molecule has 0 spiro atoms. The Balaban J connectivity index is 1.63. The van der Waals surface area contributed by atoms with Crippen molar-refractivity contribution in [3.8, 4) is 0 Å². The second kappa shape index (κ2) is 12.3. The van der Waals surface area contributed by atoms with Crippen LogP contribution in [0.4, 0.5) is 5.69 Å². The highest BCUT2D eigenvalue weighted by Gasteiger charge is 2.25. The Morgan fingerprint density at radius 2 is 1.74 bits per heavy atom. The summed E-state index contributed by atoms with van der Waals surface area (Å²) in [6.07, 6.45) is 5.33. The molecular formula is C24H26N4O4S2. The van der Waals surface area contributed by atoms with E-state index in [1.807, 2.05) is 12.3 Å². The Morgan fingerprint density at radius 3 is 2.44 bits per heavy atom. The number of pyridine rings is 1. The largest absolute Gasteiger partial charge is 0.351 e. The van der Waals surface area contributed by atoms with Crippen molar-refractivity contribution in [3.63, 3.8) is 0 Å². The van der Waals surface area contributed by atoms with Gasteiger partial charge in [0.25, 0.3) is 5.91 Å². The predicted octanol–water partition coefficient (Wildman–Crippen LogP) is 3.05. The normalized spacial score (nSPS) is 12.0. The molecule has 2 aromatic carbocycles. The van der Waals surface area contributed by atoms with E-state index in [0.29, 0.717) is 23.4 Å². The van der Waals surface area contributed by atoms with E-state index >= 15 is 0 Å². The maximum Gasteiger partial charge on any atom is 0.255 e. The highest BCUT2D eigenvalue weighted by Crippen LogP contribution is 2.14. The number of rotatable bonds is 11. The maximum absolute atomic E-state index is 12.9. The summed E-state index contributed by atoms with van der Waals surface area (Å²) in [4.78, 5) is 29.2. The van der Waals surface area contributed by atoms with Gasteiger partial charge < -0.3 is 10.6 Å². The summed E-state index contributed by atoms with van der Waals surface area (Å²) in [6.45, 7) is 0.181. The van der Waals surface area contributed by atoms with Gasteiger partial charge in [-0.05, 0) is 60.4 Å². The van der Waals surface area contributed by atoms with E-state index in [2.05, 4.69) is 20.3 Å². The molecule has 0 saturated carbocycles. The number of hydrogen-bond donors (Lipinski definition) is 3. The number of amides is 2. The third-order valence-corrected chi connectivity index (χ3v) is 7.00. The molecule has 1 aromatic heterocycles. The third kappa shape index (κ3) is 7.41. The van der Waals surface area contributed by atoms with Gasteiger partial charge in [-0.1, -0.05) is 30.3 Å². The molecule has 0 radical (unpaired) electrons. The smallest absolute Gasteiger partial charge is 0.255 e. The maximum atomic E-state index is 12.9. The van der Waals surface area contributed by atoms with E-state index in [9.17, 15) is 18.0 Å². The van der Waals surface area contributed by atoms with Gasteiger partial charge in [-0.15, -0.1) is 0 Å². The molecule has 0 fully saturated rings. The Labute approximate surface area is 203 Å². The van der Waals surface area contributed by atoms with Gasteiger partial charge >= 0.3 is 0 Å². The Hall–Kier alpha value is -3.21. The van der Waals surface area contributed by atoms with E-state index in [4.69, 9.17) is 0 Å². The quantitative estimate of drug-likeness (QED) is 0.374. The first-order valence-electron chi connectivity index (χ1n) is 10.5. The molecule has 3 N–H and O–H groups in total. The van der Waals surface area contributed by atoms with E-state index in [-0.39, 0.29) is 17.3 Å². The van der Waals surface area contributed by atoms with Crippen LogP contribution in [0, 0.1) is 0 Å². The molecule has 1 heterocycles. The zero-order valence-electron chi connectivity index (χ0n) is 18.6. The second-order valence-corrected chi connectivity index (χ2v) is 10.1. The van der Waals surface area contributed by atoms with Gasteiger partial charge in [-0.25, -0.2) is 8.42 Å². The zero-order valence-corrected chi connectivity index (χ0v) is 20.2. The summed E-state index contributed by atoms with van der Waals surface area (Å²) in [5.74, 6) is -0.0674. The van der Waals surface area contributed by atoms with Crippen molar-refractivity contribution in [3.05, 3.63) is 90.3 Å². The van der Waals surface area contributed by atoms with E-state index in [1.54, 1.807) is 60.9 Å². The van der Waals surface area contributed by atoms with E-state index < -0.39 is 22.0 Å². The fourth-order valence-electron chi connectivity index (χ4n) is 3.11. The standard InChI is InChI=1S/C24H26N4O4S2/c1-33-15-12-22(28-34(31,32)21-8-3-2-4-9-21)24(30)26-17-18-6-5-7-20(16-18)27-23(29)19-10-13-25-14-11-19/h2-11,13-14,16,22,28H,12,15,17H2,1H3,(H,26,30)(H,27,29). The number of thioether (sulfide) groups is 1. The van der Waals surface area contributed by atoms with Crippen LogP contribution in [0.5, 0.6) is 0 Å². The summed E-state index contributed by atoms with van der Waals surface area (Å²) in [7, 11) is -3.84. The van der Waals surface area contributed by atoms with Crippen molar-refractivity contribution in [2.45, 2.75) is 23.9 Å². The number of sulfonamides is 1. The summed E-state index contributed by atoms with van der Waals surface area (Å²) in [5, 5.41) is 5.61. The molecule has 3 rings (SSSR count). The monoisotopic (exact) mass is 498 g/mol. The highest BCUT2D eigenvalue weighted by molar-refractivity contribution is 7.98. The van der Waals surface area contributed by atoms with Crippen molar-refractivity contribution >= 4 is 39.3 Å². The van der Waals surface area contributed by atoms with Crippen LogP contribution >= 0.6 is 11.8 Å². The molecule has 0 aliphatic carbocycles. The number of carbonyl (C=O) groups is 2. The van der Waals surface area contributed by atoms with Gasteiger partial charge in [0.05, 0.1) is 4.90 Å². The van der Waals surface area contributed by atoms with Gasteiger partial charge in [-0.3, -0.25) is 14.6 Å². The van der Waals surface area contributed by atoms with Gasteiger partial charge in [0, 0.05) is 30.2 Å². The summed E-state index contributed by atoms with van der Waals surface area (Å²) in [6, 6.07) is 17.4. The number of hydrogen-bond acceptors (Lipinski definition) is 6. The van der Waals surface area contributed by atoms with Crippen LogP contribution in [0.15, 0.2) is 84.0 Å². The van der Waals surface area contributed by atoms with E-state index in [1.165, 1.54) is 23.9 Å². The predicted molar refractivity (Wildman–Crippen MR) is 134 cm³/mol. The fourth-order valence-corrected chi connectivity index (χ4v) is 4.83. The topological polar surface area (TPSA) is 117 Å². The first-order valence-corrected chi connectivity index (χ1v) is 13.4. The van der Waals surface area contributed by atoms with Crippen LogP contribution in [0.1, 0.15) is 22.3 Å². The lowest BCUT2D eigenvalue weighted by Crippen LogP contribution is -2.46. The number of nitrogens with zero attached hydrogens (tertiary/aromatic N) is 1. The molecule has 0 aliphatic rings. The Kier molecular flexibility index (Phi) is 9.20. The van der Waals surface area contributed by atoms with Crippen LogP contribution < -0.4 is 15.4 Å². The average molecular weight is 499 g/mol. The summed E-state index contributed by atoms with van der Waals surface area (Å²) >= 11 is 1.53. The zero-order chi connectivity index (χ0) is 24.4. The second-order valence-electron chi connectivity index (χ2n) is 7.38. The van der Waals surface area contributed by atoms with Crippen LogP contribution in [0.3, 0.4) is 0 Å². The number of carbonyl (C=O) groups excluding carboxylic acids is 2. The molecule has 0 bridgehead atoms. The van der Waals surface area contributed by atoms with Crippen molar-refractivity contribution in [2.75, 3.05) is 17.3 Å². The lowest BCUT2D eigenvalue weighted by molar-refractivity contribution is -0.122. The van der Waals surface area contributed by atoms with Crippen LogP contribution in [0.25, 0.3) is 0 Å². The summed E-state index contributed by atoms with van der Waals surface area (Å²) in [5.41, 5.74) is 1.82. The first kappa shape index (κ1) is 25.4. The van der Waals surface area contributed by atoms with Gasteiger partial charge in [0.2, 0.25) is 15.9 Å². The Morgan fingerprint density at radius 1 is 1.00 bits per heavy atom. The molecule has 3 aromatic rings. The number of nitrogens with one attached hydrogen (secondary N) is 3. The third-order valence-electron chi connectivity index (χ3n) is 4.87. The molecule has 2 amide bonds. The van der Waals surface area contributed by atoms with Crippen molar-refractivity contribution in [1.29, 1.82) is 0 Å². The van der Waals surface area contributed by atoms with E-state index in [0.717, 1.165) is 5.56 Å². The minimum Gasteiger partial charge on any atom is -0.351 e. The minimum absolute atomic E-state index is 0.106. The molecule has 10 heteroatoms. The van der Waals surface area contributed by atoms with Gasteiger partial charge in [-0.2, -0.15) is 16.5 Å². The van der Waals surface area contributed by atoms with Gasteiger partial charge in [0.15, 0.2) is 0 Å². The van der Waals surface area contributed by atoms with Crippen molar-refractivity contribution < 1.29 is 18.0 Å². The molecule has 34 heavy (non-hydrogen) atoms. The van der Waals surface area contributed by atoms with Crippen molar-refractivity contribution in [1.82, 2.24) is 15.0 Å². The minimum atomic E-state index is -3.84. The van der Waals surface area contributed by atoms with Crippen LogP contribution in [0.2, 0.25) is 0 Å². The number of anilines is 1. The lowest BCUT2D eigenvalue weighted by atomic mass is 10.1.